The molecule has 0 aliphatic carbocycles. The summed E-state index contributed by atoms with van der Waals surface area (Å²) in [4.78, 5) is 19.0. The number of nitrogen functional groups attached to an aromatic ring is 2. The standard InChI is InChI=1S/C8H12N4O2S/c1-4(7(13)14-2)15-8-11-5(9)3-6(10)12-8/h3-4H,1-2H3,(H4,9,10,11,12)/t4-/m1/s1. The van der Waals surface area contributed by atoms with E-state index in [1.807, 2.05) is 0 Å². The number of anilines is 2. The van der Waals surface area contributed by atoms with Crippen LogP contribution in [0, 0.1) is 0 Å². The van der Waals surface area contributed by atoms with Crippen LogP contribution in [0.4, 0.5) is 11.6 Å². The van der Waals surface area contributed by atoms with Gasteiger partial charge in [-0.25, -0.2) is 9.97 Å². The minimum absolute atomic E-state index is 0.280. The van der Waals surface area contributed by atoms with Crippen LogP contribution in [0.25, 0.3) is 0 Å². The molecule has 7 heteroatoms. The summed E-state index contributed by atoms with van der Waals surface area (Å²) in [7, 11) is 1.33. The molecule has 1 rings (SSSR count). The molecule has 0 radical (unpaired) electrons. The van der Waals surface area contributed by atoms with Gasteiger partial charge in [0.05, 0.1) is 7.11 Å². The maximum Gasteiger partial charge on any atom is 0.318 e. The van der Waals surface area contributed by atoms with Gasteiger partial charge in [-0.1, -0.05) is 11.8 Å². The number of carbonyl (C=O) groups excluding carboxylic acids is 1. The number of methoxy groups -OCH3 is 1. The SMILES string of the molecule is COC(=O)[C@@H](C)Sc1nc(N)cc(N)n1. The molecule has 15 heavy (non-hydrogen) atoms. The number of rotatable bonds is 3. The third kappa shape index (κ3) is 3.28. The zero-order valence-electron chi connectivity index (χ0n) is 8.43. The Balaban J connectivity index is 2.76. The smallest absolute Gasteiger partial charge is 0.318 e. The molecule has 82 valence electrons. The summed E-state index contributed by atoms with van der Waals surface area (Å²) in [5.41, 5.74) is 11.0. The molecule has 1 aromatic heterocycles. The van der Waals surface area contributed by atoms with Crippen molar-refractivity contribution in [3.63, 3.8) is 0 Å². The average Bonchev–Trinajstić information content (AvgIpc) is 2.14. The third-order valence-corrected chi connectivity index (χ3v) is 2.50. The number of aromatic nitrogens is 2. The molecule has 0 amide bonds. The second-order valence-electron chi connectivity index (χ2n) is 2.78. The third-order valence-electron chi connectivity index (χ3n) is 1.56. The van der Waals surface area contributed by atoms with Crippen LogP contribution in [0.5, 0.6) is 0 Å². The number of nitrogens with two attached hydrogens (primary N) is 2. The molecule has 0 aliphatic rings. The summed E-state index contributed by atoms with van der Waals surface area (Å²) in [5.74, 6) is 0.216. The van der Waals surface area contributed by atoms with E-state index in [9.17, 15) is 4.79 Å². The van der Waals surface area contributed by atoms with Crippen molar-refractivity contribution in [2.75, 3.05) is 18.6 Å². The molecular formula is C8H12N4O2S. The van der Waals surface area contributed by atoms with Gasteiger partial charge < -0.3 is 16.2 Å². The van der Waals surface area contributed by atoms with Crippen molar-refractivity contribution in [3.05, 3.63) is 6.07 Å². The summed E-state index contributed by atoms with van der Waals surface area (Å²) in [6, 6.07) is 1.45. The summed E-state index contributed by atoms with van der Waals surface area (Å²) < 4.78 is 4.57. The van der Waals surface area contributed by atoms with Crippen molar-refractivity contribution in [1.29, 1.82) is 0 Å². The van der Waals surface area contributed by atoms with E-state index in [2.05, 4.69) is 14.7 Å². The van der Waals surface area contributed by atoms with Gasteiger partial charge >= 0.3 is 5.97 Å². The fourth-order valence-electron chi connectivity index (χ4n) is 0.887. The van der Waals surface area contributed by atoms with Gasteiger partial charge in [-0.15, -0.1) is 0 Å². The van der Waals surface area contributed by atoms with E-state index in [4.69, 9.17) is 11.5 Å². The summed E-state index contributed by atoms with van der Waals surface area (Å²) in [5, 5.41) is -0.0263. The molecule has 0 saturated heterocycles. The van der Waals surface area contributed by atoms with Crippen molar-refractivity contribution in [2.24, 2.45) is 0 Å². The molecule has 0 spiro atoms. The normalized spacial score (nSPS) is 12.1. The predicted octanol–water partition coefficient (Wildman–Crippen LogP) is 0.295. The topological polar surface area (TPSA) is 104 Å². The van der Waals surface area contributed by atoms with Crippen LogP contribution in [0.15, 0.2) is 11.2 Å². The van der Waals surface area contributed by atoms with E-state index in [1.165, 1.54) is 13.2 Å². The summed E-state index contributed by atoms with van der Waals surface area (Å²) in [6.07, 6.45) is 0. The first-order valence-electron chi connectivity index (χ1n) is 4.17. The lowest BCUT2D eigenvalue weighted by Crippen LogP contribution is -2.15. The first-order valence-corrected chi connectivity index (χ1v) is 5.05. The maximum absolute atomic E-state index is 11.1. The van der Waals surface area contributed by atoms with Crippen LogP contribution in [0.2, 0.25) is 0 Å². The first-order chi connectivity index (χ1) is 7.02. The molecule has 0 bridgehead atoms. The van der Waals surface area contributed by atoms with Gasteiger partial charge in [-0.05, 0) is 6.92 Å². The van der Waals surface area contributed by atoms with E-state index < -0.39 is 5.25 Å². The second-order valence-corrected chi connectivity index (χ2v) is 4.09. The number of ether oxygens (including phenoxy) is 1. The van der Waals surface area contributed by atoms with Gasteiger partial charge in [0.15, 0.2) is 5.16 Å². The van der Waals surface area contributed by atoms with Crippen molar-refractivity contribution in [3.8, 4) is 0 Å². The van der Waals surface area contributed by atoms with Crippen molar-refractivity contribution >= 4 is 29.4 Å². The van der Waals surface area contributed by atoms with Crippen LogP contribution < -0.4 is 11.5 Å². The van der Waals surface area contributed by atoms with E-state index in [0.717, 1.165) is 11.8 Å². The Hall–Kier alpha value is -1.50. The van der Waals surface area contributed by atoms with E-state index >= 15 is 0 Å². The Morgan fingerprint density at radius 1 is 1.47 bits per heavy atom. The summed E-state index contributed by atoms with van der Waals surface area (Å²) >= 11 is 1.15. The van der Waals surface area contributed by atoms with Crippen molar-refractivity contribution in [2.45, 2.75) is 17.3 Å². The second kappa shape index (κ2) is 4.83. The number of esters is 1. The highest BCUT2D eigenvalue weighted by Crippen LogP contribution is 2.21. The van der Waals surface area contributed by atoms with E-state index in [-0.39, 0.29) is 17.6 Å². The predicted molar refractivity (Wildman–Crippen MR) is 58.2 cm³/mol. The Labute approximate surface area is 91.4 Å². The maximum atomic E-state index is 11.1. The molecule has 1 atom stereocenters. The lowest BCUT2D eigenvalue weighted by molar-refractivity contribution is -0.139. The van der Waals surface area contributed by atoms with E-state index in [0.29, 0.717) is 5.16 Å². The Bertz CT molecular complexity index is 351. The highest BCUT2D eigenvalue weighted by molar-refractivity contribution is 8.00. The molecule has 6 nitrogen and oxygen atoms in total. The van der Waals surface area contributed by atoms with Crippen LogP contribution in [0.3, 0.4) is 0 Å². The Morgan fingerprint density at radius 3 is 2.47 bits per heavy atom. The molecule has 1 heterocycles. The fraction of sp³-hybridized carbons (Fsp3) is 0.375. The number of nitrogens with zero attached hydrogens (tertiary/aromatic N) is 2. The van der Waals surface area contributed by atoms with Crippen LogP contribution >= 0.6 is 11.8 Å². The Morgan fingerprint density at radius 2 is 2.00 bits per heavy atom. The van der Waals surface area contributed by atoms with Gasteiger partial charge in [0, 0.05) is 6.07 Å². The van der Waals surface area contributed by atoms with Gasteiger partial charge in [-0.2, -0.15) is 0 Å². The van der Waals surface area contributed by atoms with Gasteiger partial charge in [0.25, 0.3) is 0 Å². The van der Waals surface area contributed by atoms with Gasteiger partial charge in [0.1, 0.15) is 16.9 Å². The van der Waals surface area contributed by atoms with E-state index in [1.54, 1.807) is 6.92 Å². The summed E-state index contributed by atoms with van der Waals surface area (Å²) in [6.45, 7) is 1.69. The molecule has 0 fully saturated rings. The Kier molecular flexibility index (Phi) is 3.73. The monoisotopic (exact) mass is 228 g/mol. The lowest BCUT2D eigenvalue weighted by Gasteiger charge is -2.07. The van der Waals surface area contributed by atoms with Crippen molar-refractivity contribution < 1.29 is 9.53 Å². The van der Waals surface area contributed by atoms with Gasteiger partial charge in [0.2, 0.25) is 0 Å². The number of thioether (sulfide) groups is 1. The number of hydrogen-bond acceptors (Lipinski definition) is 7. The van der Waals surface area contributed by atoms with Crippen LogP contribution in [-0.2, 0) is 9.53 Å². The molecule has 1 aromatic rings. The van der Waals surface area contributed by atoms with Gasteiger partial charge in [-0.3, -0.25) is 4.79 Å². The molecule has 0 unspecified atom stereocenters. The largest absolute Gasteiger partial charge is 0.468 e. The molecule has 0 aliphatic heterocycles. The minimum atomic E-state index is -0.392. The molecule has 0 saturated carbocycles. The molecule has 4 N–H and O–H groups in total. The lowest BCUT2D eigenvalue weighted by atomic mass is 10.5. The fourth-order valence-corrected chi connectivity index (χ4v) is 1.71. The zero-order valence-corrected chi connectivity index (χ0v) is 9.25. The average molecular weight is 228 g/mol. The highest BCUT2D eigenvalue weighted by Gasteiger charge is 2.16. The van der Waals surface area contributed by atoms with Crippen molar-refractivity contribution in [1.82, 2.24) is 9.97 Å². The molecule has 0 aromatic carbocycles. The quantitative estimate of drug-likeness (QED) is 0.435. The first kappa shape index (κ1) is 11.6. The minimum Gasteiger partial charge on any atom is -0.468 e. The van der Waals surface area contributed by atoms with Crippen LogP contribution in [-0.4, -0.2) is 28.3 Å². The number of hydrogen-bond donors (Lipinski definition) is 2. The number of carbonyl (C=O) groups is 1. The highest BCUT2D eigenvalue weighted by atomic mass is 32.2. The zero-order chi connectivity index (χ0) is 11.4. The van der Waals surface area contributed by atoms with Crippen LogP contribution in [0.1, 0.15) is 6.92 Å². The molecular weight excluding hydrogens is 216 g/mol.